The molecule has 0 spiro atoms. The standard InChI is InChI=1S/C37H66ClNO7Si4/c1-16-39(17-2)33(27-19-22-29(23-20-27)41-18-3)30-25-28(21-24-31(30)38)37(40)36(46-50(13,14)15)35(45-49(10,11)12)34(44-48(7,8)9)32(43-37)26-42-47(4,5)6/h19-25,32-36,40H,16-18,26H2,1-15H3/t32-,33?,34?,35?,36?,37+/m1/s1. The van der Waals surface area contributed by atoms with Crippen molar-refractivity contribution >= 4 is 44.9 Å². The summed E-state index contributed by atoms with van der Waals surface area (Å²) in [7, 11) is -8.63. The van der Waals surface area contributed by atoms with E-state index >= 15 is 0 Å². The minimum absolute atomic E-state index is 0.181. The van der Waals surface area contributed by atoms with E-state index in [1.54, 1.807) is 0 Å². The fourth-order valence-electron chi connectivity index (χ4n) is 6.35. The molecule has 0 aliphatic carbocycles. The van der Waals surface area contributed by atoms with E-state index < -0.39 is 63.5 Å². The molecule has 50 heavy (non-hydrogen) atoms. The van der Waals surface area contributed by atoms with Gasteiger partial charge in [-0.1, -0.05) is 43.6 Å². The lowest BCUT2D eigenvalue weighted by atomic mass is 9.86. The molecule has 0 amide bonds. The Kier molecular flexibility index (Phi) is 14.9. The first-order chi connectivity index (χ1) is 22.9. The van der Waals surface area contributed by atoms with Crippen LogP contribution in [0, 0.1) is 0 Å². The van der Waals surface area contributed by atoms with E-state index in [9.17, 15) is 5.11 Å². The van der Waals surface area contributed by atoms with E-state index in [4.69, 9.17) is 38.8 Å². The molecule has 0 radical (unpaired) electrons. The molecule has 284 valence electrons. The van der Waals surface area contributed by atoms with E-state index in [2.05, 4.69) is 109 Å². The molecule has 1 aliphatic rings. The Labute approximate surface area is 312 Å². The van der Waals surface area contributed by atoms with Gasteiger partial charge in [0.25, 0.3) is 0 Å². The predicted octanol–water partition coefficient (Wildman–Crippen LogP) is 9.23. The van der Waals surface area contributed by atoms with Gasteiger partial charge in [-0.3, -0.25) is 4.90 Å². The van der Waals surface area contributed by atoms with Crippen molar-refractivity contribution in [3.8, 4) is 5.75 Å². The molecule has 2 aromatic carbocycles. The molecule has 0 bridgehead atoms. The molecule has 1 saturated heterocycles. The van der Waals surface area contributed by atoms with Gasteiger partial charge in [-0.2, -0.15) is 0 Å². The molecule has 3 rings (SSSR count). The topological polar surface area (TPSA) is 78.9 Å². The molecule has 0 saturated carbocycles. The Hall–Kier alpha value is -0.882. The van der Waals surface area contributed by atoms with Crippen molar-refractivity contribution in [1.29, 1.82) is 0 Å². The van der Waals surface area contributed by atoms with Gasteiger partial charge in [0, 0.05) is 10.6 Å². The zero-order valence-corrected chi connectivity index (χ0v) is 38.2. The van der Waals surface area contributed by atoms with Crippen LogP contribution in [0.4, 0.5) is 0 Å². The molecule has 4 unspecified atom stereocenters. The van der Waals surface area contributed by atoms with Crippen molar-refractivity contribution in [2.45, 2.75) is 136 Å². The summed E-state index contributed by atoms with van der Waals surface area (Å²) in [4.78, 5) is 2.36. The fourth-order valence-corrected chi connectivity index (χ4v) is 10.5. The third-order valence-electron chi connectivity index (χ3n) is 8.23. The number of ether oxygens (including phenoxy) is 2. The average Bonchev–Trinajstić information content (AvgIpc) is 2.97. The second-order valence-electron chi connectivity index (χ2n) is 17.2. The second-order valence-corrected chi connectivity index (χ2v) is 35.5. The number of nitrogens with zero attached hydrogens (tertiary/aromatic N) is 1. The second kappa shape index (κ2) is 17.1. The van der Waals surface area contributed by atoms with E-state index in [-0.39, 0.29) is 12.6 Å². The number of rotatable bonds is 17. The summed E-state index contributed by atoms with van der Waals surface area (Å²) >= 11 is 7.10. The summed E-state index contributed by atoms with van der Waals surface area (Å²) in [5.74, 6) is -1.07. The smallest absolute Gasteiger partial charge is 0.221 e. The number of benzene rings is 2. The first kappa shape index (κ1) is 43.5. The summed E-state index contributed by atoms with van der Waals surface area (Å²) in [6.45, 7) is 34.6. The molecule has 6 atom stereocenters. The van der Waals surface area contributed by atoms with E-state index in [1.807, 2.05) is 37.3 Å². The highest BCUT2D eigenvalue weighted by molar-refractivity contribution is 6.71. The first-order valence-electron chi connectivity index (χ1n) is 18.3. The predicted molar refractivity (Wildman–Crippen MR) is 217 cm³/mol. The zero-order valence-electron chi connectivity index (χ0n) is 33.5. The van der Waals surface area contributed by atoms with Crippen LogP contribution in [0.1, 0.15) is 43.5 Å². The summed E-state index contributed by atoms with van der Waals surface area (Å²) in [6, 6.07) is 13.8. The lowest BCUT2D eigenvalue weighted by molar-refractivity contribution is -0.348. The number of hydrogen-bond acceptors (Lipinski definition) is 8. The van der Waals surface area contributed by atoms with Crippen LogP contribution >= 0.6 is 11.6 Å². The fraction of sp³-hybridized carbons (Fsp3) is 0.676. The largest absolute Gasteiger partial charge is 0.494 e. The van der Waals surface area contributed by atoms with Gasteiger partial charge in [-0.15, -0.1) is 0 Å². The molecule has 1 aliphatic heterocycles. The van der Waals surface area contributed by atoms with E-state index in [0.29, 0.717) is 17.2 Å². The monoisotopic (exact) mass is 783 g/mol. The highest BCUT2D eigenvalue weighted by Crippen LogP contribution is 2.45. The van der Waals surface area contributed by atoms with Crippen molar-refractivity contribution in [1.82, 2.24) is 4.90 Å². The molecule has 1 heterocycles. The Morgan fingerprint density at radius 3 is 1.78 bits per heavy atom. The molecule has 2 aromatic rings. The van der Waals surface area contributed by atoms with Crippen molar-refractivity contribution < 1.29 is 32.3 Å². The summed E-state index contributed by atoms with van der Waals surface area (Å²) in [5.41, 5.74) is 2.52. The average molecular weight is 785 g/mol. The van der Waals surface area contributed by atoms with Crippen LogP contribution in [-0.4, -0.2) is 94.0 Å². The Morgan fingerprint density at radius 1 is 0.760 bits per heavy atom. The molecule has 1 N–H and O–H groups in total. The maximum Gasteiger partial charge on any atom is 0.221 e. The Morgan fingerprint density at radius 2 is 1.30 bits per heavy atom. The maximum absolute atomic E-state index is 13.2. The summed E-state index contributed by atoms with van der Waals surface area (Å²) < 4.78 is 40.2. The summed E-state index contributed by atoms with van der Waals surface area (Å²) in [5, 5.41) is 13.8. The van der Waals surface area contributed by atoms with Crippen LogP contribution in [0.5, 0.6) is 5.75 Å². The normalized spacial score (nSPS) is 24.4. The number of aliphatic hydroxyl groups is 1. The lowest BCUT2D eigenvalue weighted by Gasteiger charge is -2.54. The van der Waals surface area contributed by atoms with Gasteiger partial charge in [0.1, 0.15) is 30.2 Å². The van der Waals surface area contributed by atoms with E-state index in [0.717, 1.165) is 30.0 Å². The lowest BCUT2D eigenvalue weighted by Crippen LogP contribution is -2.69. The Bertz CT molecular complexity index is 1370. The third-order valence-corrected chi connectivity index (χ3v) is 12.5. The van der Waals surface area contributed by atoms with Crippen LogP contribution in [-0.2, 0) is 28.2 Å². The van der Waals surface area contributed by atoms with Gasteiger partial charge in [0.15, 0.2) is 33.3 Å². The minimum Gasteiger partial charge on any atom is -0.494 e. The van der Waals surface area contributed by atoms with Crippen LogP contribution in [0.2, 0.25) is 83.6 Å². The molecule has 1 fully saturated rings. The van der Waals surface area contributed by atoms with Crippen LogP contribution in [0.15, 0.2) is 42.5 Å². The van der Waals surface area contributed by atoms with E-state index in [1.165, 1.54) is 0 Å². The zero-order chi connectivity index (χ0) is 37.9. The molecule has 8 nitrogen and oxygen atoms in total. The van der Waals surface area contributed by atoms with Gasteiger partial charge in [0.05, 0.1) is 19.3 Å². The van der Waals surface area contributed by atoms with Crippen LogP contribution in [0.25, 0.3) is 0 Å². The first-order valence-corrected chi connectivity index (χ1v) is 32.3. The summed E-state index contributed by atoms with van der Waals surface area (Å²) in [6.07, 6.45) is -2.56. The quantitative estimate of drug-likeness (QED) is 0.159. The Balaban J connectivity index is 2.32. The van der Waals surface area contributed by atoms with Crippen molar-refractivity contribution in [2.24, 2.45) is 0 Å². The van der Waals surface area contributed by atoms with Gasteiger partial charge >= 0.3 is 0 Å². The van der Waals surface area contributed by atoms with Crippen molar-refractivity contribution in [3.63, 3.8) is 0 Å². The third kappa shape index (κ3) is 12.1. The highest BCUT2D eigenvalue weighted by Gasteiger charge is 2.59. The minimum atomic E-state index is -2.30. The number of halogens is 1. The van der Waals surface area contributed by atoms with Crippen LogP contribution in [0.3, 0.4) is 0 Å². The van der Waals surface area contributed by atoms with Crippen molar-refractivity contribution in [2.75, 3.05) is 26.3 Å². The molecular formula is C37H66ClNO7Si4. The van der Waals surface area contributed by atoms with Gasteiger partial charge < -0.3 is 32.3 Å². The van der Waals surface area contributed by atoms with Crippen molar-refractivity contribution in [3.05, 3.63) is 64.2 Å². The molecular weight excluding hydrogens is 718 g/mol. The van der Waals surface area contributed by atoms with Gasteiger partial charge in [-0.25, -0.2) is 0 Å². The van der Waals surface area contributed by atoms with Gasteiger partial charge in [0.2, 0.25) is 5.79 Å². The van der Waals surface area contributed by atoms with Gasteiger partial charge in [-0.05, 0) is 134 Å². The highest BCUT2D eigenvalue weighted by atomic mass is 35.5. The molecule has 0 aromatic heterocycles. The maximum atomic E-state index is 13.2. The van der Waals surface area contributed by atoms with Crippen LogP contribution < -0.4 is 4.74 Å². The molecule has 13 heteroatoms. The number of hydrogen-bond donors (Lipinski definition) is 1. The SMILES string of the molecule is CCOc1ccc(C(c2cc([C@]3(O)O[C@H](CO[Si](C)(C)C)C(O[Si](C)(C)C)C(O[Si](C)(C)C)C3O[Si](C)(C)C)ccc2Cl)N(CC)CC)cc1.